The van der Waals surface area contributed by atoms with Crippen LogP contribution in [0.1, 0.15) is 40.0 Å². The second-order valence-electron chi connectivity index (χ2n) is 7.69. The first kappa shape index (κ1) is 20.1. The summed E-state index contributed by atoms with van der Waals surface area (Å²) in [5.41, 5.74) is 3.31. The minimum absolute atomic E-state index is 0.0901. The summed E-state index contributed by atoms with van der Waals surface area (Å²) in [6.07, 6.45) is 2.71. The standard InChI is InChI=1S/C21H27N3O4/c1-14-6-7-15(2)18(10-14)24-16(3)17(11-22-24)19(25)23-9-5-8-21(12-23,13-28-4)20(26)27/h6-7,10-11H,5,8-9,12-13H2,1-4H3,(H,26,27). The number of rotatable bonds is 5. The van der Waals surface area contributed by atoms with Crippen LogP contribution in [0, 0.1) is 26.2 Å². The number of methoxy groups -OCH3 is 1. The van der Waals surface area contributed by atoms with E-state index in [1.165, 1.54) is 7.11 Å². The van der Waals surface area contributed by atoms with E-state index in [0.717, 1.165) is 22.5 Å². The van der Waals surface area contributed by atoms with Gasteiger partial charge in [-0.2, -0.15) is 5.10 Å². The third-order valence-electron chi connectivity index (χ3n) is 5.57. The number of hydrogen-bond donors (Lipinski definition) is 1. The molecule has 28 heavy (non-hydrogen) atoms. The number of likely N-dealkylation sites (tertiary alicyclic amines) is 1. The Morgan fingerprint density at radius 1 is 1.29 bits per heavy atom. The lowest BCUT2D eigenvalue weighted by Gasteiger charge is -2.39. The highest BCUT2D eigenvalue weighted by molar-refractivity contribution is 5.95. The van der Waals surface area contributed by atoms with Crippen LogP contribution in [0.4, 0.5) is 0 Å². The fourth-order valence-electron chi connectivity index (χ4n) is 3.92. The Labute approximate surface area is 164 Å². The Morgan fingerprint density at radius 2 is 2.04 bits per heavy atom. The van der Waals surface area contributed by atoms with Gasteiger partial charge in [0.05, 0.1) is 29.7 Å². The van der Waals surface area contributed by atoms with Gasteiger partial charge < -0.3 is 14.7 Å². The monoisotopic (exact) mass is 385 g/mol. The van der Waals surface area contributed by atoms with E-state index in [-0.39, 0.29) is 19.1 Å². The number of carboxylic acid groups (broad SMARTS) is 1. The molecular formula is C21H27N3O4. The topological polar surface area (TPSA) is 84.7 Å². The van der Waals surface area contributed by atoms with Crippen molar-refractivity contribution in [1.29, 1.82) is 0 Å². The largest absolute Gasteiger partial charge is 0.481 e. The summed E-state index contributed by atoms with van der Waals surface area (Å²) in [5, 5.41) is 14.2. The van der Waals surface area contributed by atoms with Crippen molar-refractivity contribution >= 4 is 11.9 Å². The van der Waals surface area contributed by atoms with Gasteiger partial charge in [0.15, 0.2) is 0 Å². The van der Waals surface area contributed by atoms with Crippen molar-refractivity contribution < 1.29 is 19.4 Å². The molecular weight excluding hydrogens is 358 g/mol. The Hall–Kier alpha value is -2.67. The maximum Gasteiger partial charge on any atom is 0.313 e. The highest BCUT2D eigenvalue weighted by Gasteiger charge is 2.44. The maximum absolute atomic E-state index is 13.2. The number of aromatic nitrogens is 2. The molecule has 1 aromatic heterocycles. The summed E-state index contributed by atoms with van der Waals surface area (Å²) in [4.78, 5) is 26.7. The normalized spacial score (nSPS) is 19.6. The molecule has 1 saturated heterocycles. The lowest BCUT2D eigenvalue weighted by Crippen LogP contribution is -2.52. The molecule has 1 atom stereocenters. The van der Waals surface area contributed by atoms with Gasteiger partial charge in [0.1, 0.15) is 5.41 Å². The van der Waals surface area contributed by atoms with Crippen molar-refractivity contribution in [1.82, 2.24) is 14.7 Å². The first-order valence-electron chi connectivity index (χ1n) is 9.43. The van der Waals surface area contributed by atoms with E-state index in [1.807, 2.05) is 39.0 Å². The van der Waals surface area contributed by atoms with Gasteiger partial charge >= 0.3 is 5.97 Å². The molecule has 3 rings (SSSR count). The van der Waals surface area contributed by atoms with Crippen molar-refractivity contribution in [3.05, 3.63) is 46.8 Å². The predicted molar refractivity (Wildman–Crippen MR) is 105 cm³/mol. The van der Waals surface area contributed by atoms with Gasteiger partial charge in [-0.3, -0.25) is 9.59 Å². The highest BCUT2D eigenvalue weighted by atomic mass is 16.5. The van der Waals surface area contributed by atoms with Gasteiger partial charge in [0.2, 0.25) is 0 Å². The third-order valence-corrected chi connectivity index (χ3v) is 5.57. The van der Waals surface area contributed by atoms with Gasteiger partial charge in [-0.15, -0.1) is 0 Å². The average Bonchev–Trinajstić information content (AvgIpc) is 3.04. The van der Waals surface area contributed by atoms with Crippen LogP contribution in [0.15, 0.2) is 24.4 Å². The number of ether oxygens (including phenoxy) is 1. The van der Waals surface area contributed by atoms with Crippen molar-refractivity contribution in [2.75, 3.05) is 26.8 Å². The molecule has 150 valence electrons. The van der Waals surface area contributed by atoms with E-state index in [9.17, 15) is 14.7 Å². The van der Waals surface area contributed by atoms with Crippen LogP contribution in [0.2, 0.25) is 0 Å². The number of carbonyl (C=O) groups excluding carboxylic acids is 1. The van der Waals surface area contributed by atoms with E-state index >= 15 is 0 Å². The molecule has 2 aromatic rings. The van der Waals surface area contributed by atoms with Crippen molar-refractivity contribution in [2.24, 2.45) is 5.41 Å². The number of piperidine rings is 1. The molecule has 7 heteroatoms. The molecule has 1 aliphatic heterocycles. The van der Waals surface area contributed by atoms with Gasteiger partial charge in [0.25, 0.3) is 5.91 Å². The van der Waals surface area contributed by atoms with E-state index < -0.39 is 11.4 Å². The molecule has 1 N–H and O–H groups in total. The minimum atomic E-state index is -1.06. The van der Waals surface area contributed by atoms with Crippen molar-refractivity contribution in [3.8, 4) is 5.69 Å². The molecule has 0 bridgehead atoms. The number of aryl methyl sites for hydroxylation is 2. The number of carboxylic acids is 1. The van der Waals surface area contributed by atoms with E-state index in [4.69, 9.17) is 4.74 Å². The third kappa shape index (κ3) is 3.54. The summed E-state index contributed by atoms with van der Waals surface area (Å²) in [7, 11) is 1.49. The van der Waals surface area contributed by atoms with Gasteiger partial charge in [-0.05, 0) is 50.8 Å². The summed E-state index contributed by atoms with van der Waals surface area (Å²) in [6.45, 7) is 6.66. The smallest absolute Gasteiger partial charge is 0.313 e. The molecule has 1 fully saturated rings. The highest BCUT2D eigenvalue weighted by Crippen LogP contribution is 2.32. The molecule has 0 spiro atoms. The summed E-state index contributed by atoms with van der Waals surface area (Å²) >= 11 is 0. The van der Waals surface area contributed by atoms with Crippen LogP contribution in [-0.4, -0.2) is 58.5 Å². The van der Waals surface area contributed by atoms with Crippen LogP contribution in [-0.2, 0) is 9.53 Å². The van der Waals surface area contributed by atoms with E-state index in [2.05, 4.69) is 5.10 Å². The lowest BCUT2D eigenvalue weighted by atomic mass is 9.80. The maximum atomic E-state index is 13.2. The Balaban J connectivity index is 1.90. The number of benzene rings is 1. The number of carbonyl (C=O) groups is 2. The molecule has 0 aliphatic carbocycles. The zero-order valence-corrected chi connectivity index (χ0v) is 16.9. The lowest BCUT2D eigenvalue weighted by molar-refractivity contribution is -0.155. The fourth-order valence-corrected chi connectivity index (χ4v) is 3.92. The molecule has 2 heterocycles. The minimum Gasteiger partial charge on any atom is -0.481 e. The molecule has 1 amide bonds. The average molecular weight is 385 g/mol. The van der Waals surface area contributed by atoms with E-state index in [1.54, 1.807) is 15.8 Å². The first-order valence-corrected chi connectivity index (χ1v) is 9.43. The van der Waals surface area contributed by atoms with Gasteiger partial charge in [0, 0.05) is 20.2 Å². The zero-order valence-electron chi connectivity index (χ0n) is 16.9. The SMILES string of the molecule is COCC1(C(=O)O)CCCN(C(=O)c2cnn(-c3cc(C)ccc3C)c2C)C1. The second-order valence-corrected chi connectivity index (χ2v) is 7.69. The molecule has 0 radical (unpaired) electrons. The first-order chi connectivity index (χ1) is 13.3. The van der Waals surface area contributed by atoms with E-state index in [0.29, 0.717) is 24.9 Å². The zero-order chi connectivity index (χ0) is 20.5. The quantitative estimate of drug-likeness (QED) is 0.855. The fraction of sp³-hybridized carbons (Fsp3) is 0.476. The van der Waals surface area contributed by atoms with Crippen LogP contribution >= 0.6 is 0 Å². The molecule has 7 nitrogen and oxygen atoms in total. The predicted octanol–water partition coefficient (Wildman–Crippen LogP) is 2.75. The summed E-state index contributed by atoms with van der Waals surface area (Å²) in [6, 6.07) is 6.11. The molecule has 1 aromatic carbocycles. The summed E-state index contributed by atoms with van der Waals surface area (Å²) < 4.78 is 6.93. The van der Waals surface area contributed by atoms with Crippen molar-refractivity contribution in [3.63, 3.8) is 0 Å². The Morgan fingerprint density at radius 3 is 2.71 bits per heavy atom. The van der Waals surface area contributed by atoms with Gasteiger partial charge in [-0.1, -0.05) is 12.1 Å². The Bertz CT molecular complexity index is 901. The van der Waals surface area contributed by atoms with Crippen LogP contribution in [0.3, 0.4) is 0 Å². The molecule has 1 unspecified atom stereocenters. The van der Waals surface area contributed by atoms with Crippen LogP contribution in [0.5, 0.6) is 0 Å². The van der Waals surface area contributed by atoms with Gasteiger partial charge in [-0.25, -0.2) is 4.68 Å². The summed E-state index contributed by atoms with van der Waals surface area (Å²) in [5.74, 6) is -1.11. The number of aliphatic carboxylic acids is 1. The number of hydrogen-bond acceptors (Lipinski definition) is 4. The van der Waals surface area contributed by atoms with Crippen LogP contribution in [0.25, 0.3) is 5.69 Å². The molecule has 0 saturated carbocycles. The second kappa shape index (κ2) is 7.75. The number of nitrogens with zero attached hydrogens (tertiary/aromatic N) is 3. The number of amides is 1. The Kier molecular flexibility index (Phi) is 5.56. The van der Waals surface area contributed by atoms with Crippen molar-refractivity contribution in [2.45, 2.75) is 33.6 Å². The molecule has 1 aliphatic rings. The van der Waals surface area contributed by atoms with Crippen LogP contribution < -0.4 is 0 Å².